The highest BCUT2D eigenvalue weighted by Gasteiger charge is 2.39. The third kappa shape index (κ3) is 3.58. The number of carbonyl (C=O) groups is 2. The zero-order valence-corrected chi connectivity index (χ0v) is 15.4. The molecule has 3 rings (SSSR count). The topological polar surface area (TPSA) is 79.5 Å². The summed E-state index contributed by atoms with van der Waals surface area (Å²) < 4.78 is 5.76. The molecule has 0 aliphatic carbocycles. The number of hydrogen-bond acceptors (Lipinski definition) is 3. The fourth-order valence-corrected chi connectivity index (χ4v) is 3.27. The van der Waals surface area contributed by atoms with Gasteiger partial charge in [-0.25, -0.2) is 0 Å². The second-order valence-electron chi connectivity index (χ2n) is 6.73. The van der Waals surface area contributed by atoms with Crippen molar-refractivity contribution in [2.45, 2.75) is 31.6 Å². The predicted octanol–water partition coefficient (Wildman–Crippen LogP) is 4.09. The first-order chi connectivity index (χ1) is 13.0. The molecule has 0 aliphatic heterocycles. The Morgan fingerprint density at radius 1 is 1.11 bits per heavy atom. The Morgan fingerprint density at radius 2 is 1.78 bits per heavy atom. The quantitative estimate of drug-likeness (QED) is 0.661. The molecule has 2 atom stereocenters. The molecule has 0 fully saturated rings. The van der Waals surface area contributed by atoms with Gasteiger partial charge in [-0.05, 0) is 31.0 Å². The molecule has 5 heteroatoms. The average Bonchev–Trinajstić information content (AvgIpc) is 3.13. The van der Waals surface area contributed by atoms with Gasteiger partial charge >= 0.3 is 5.97 Å². The van der Waals surface area contributed by atoms with E-state index in [9.17, 15) is 14.7 Å². The smallest absolute Gasteiger partial charge is 0.315 e. The predicted molar refractivity (Wildman–Crippen MR) is 104 cm³/mol. The molecule has 140 valence electrons. The molecule has 0 aliphatic rings. The van der Waals surface area contributed by atoms with Crippen LogP contribution in [0, 0.1) is 0 Å². The summed E-state index contributed by atoms with van der Waals surface area (Å²) in [6, 6.07) is 18.4. The van der Waals surface area contributed by atoms with E-state index in [1.54, 1.807) is 19.1 Å². The number of carbonyl (C=O) groups excluding carboxylic acids is 1. The standard InChI is InChI=1S/C22H23NO4/c1-3-22(21(25)26,17-10-5-4-6-11-17)14-23-20(24)15(2)19-13-16-9-7-8-12-18(16)27-19/h4-13,15H,3,14H2,1-2H3,(H,23,24)(H,25,26). The van der Waals surface area contributed by atoms with Crippen molar-refractivity contribution < 1.29 is 19.1 Å². The summed E-state index contributed by atoms with van der Waals surface area (Å²) in [6.07, 6.45) is 0.367. The third-order valence-electron chi connectivity index (χ3n) is 5.17. The minimum absolute atomic E-state index is 0.0201. The zero-order chi connectivity index (χ0) is 19.4. The molecule has 2 unspecified atom stereocenters. The van der Waals surface area contributed by atoms with E-state index in [1.165, 1.54) is 0 Å². The SMILES string of the molecule is CCC(CNC(=O)C(C)c1cc2ccccc2o1)(C(=O)O)c1ccccc1. The van der Waals surface area contributed by atoms with E-state index in [-0.39, 0.29) is 12.5 Å². The Hall–Kier alpha value is -3.08. The van der Waals surface area contributed by atoms with E-state index in [4.69, 9.17) is 4.42 Å². The minimum atomic E-state index is -1.16. The highest BCUT2D eigenvalue weighted by Crippen LogP contribution is 2.29. The number of furan rings is 1. The number of benzene rings is 2. The number of carboxylic acid groups (broad SMARTS) is 1. The molecule has 2 aromatic carbocycles. The van der Waals surface area contributed by atoms with Crippen LogP contribution in [0.2, 0.25) is 0 Å². The number of carboxylic acids is 1. The summed E-state index contributed by atoms with van der Waals surface area (Å²) in [5, 5.41) is 13.6. The maximum atomic E-state index is 12.7. The van der Waals surface area contributed by atoms with Crippen LogP contribution in [0.1, 0.15) is 37.5 Å². The van der Waals surface area contributed by atoms with Gasteiger partial charge in [-0.3, -0.25) is 9.59 Å². The number of nitrogens with one attached hydrogen (secondary N) is 1. The molecule has 0 radical (unpaired) electrons. The van der Waals surface area contributed by atoms with Gasteiger partial charge in [0, 0.05) is 11.9 Å². The molecule has 3 aromatic rings. The number of aliphatic carboxylic acids is 1. The van der Waals surface area contributed by atoms with Crippen molar-refractivity contribution in [3.8, 4) is 0 Å². The third-order valence-corrected chi connectivity index (χ3v) is 5.17. The second kappa shape index (κ2) is 7.66. The lowest BCUT2D eigenvalue weighted by atomic mass is 9.78. The maximum absolute atomic E-state index is 12.7. The van der Waals surface area contributed by atoms with E-state index in [0.29, 0.717) is 17.7 Å². The molecule has 27 heavy (non-hydrogen) atoms. The number of rotatable bonds is 7. The van der Waals surface area contributed by atoms with Crippen molar-refractivity contribution in [3.63, 3.8) is 0 Å². The van der Waals surface area contributed by atoms with Crippen molar-refractivity contribution >= 4 is 22.8 Å². The molecule has 1 amide bonds. The number of amides is 1. The van der Waals surface area contributed by atoms with Crippen molar-refractivity contribution in [2.75, 3.05) is 6.54 Å². The average molecular weight is 365 g/mol. The summed E-state index contributed by atoms with van der Waals surface area (Å²) in [6.45, 7) is 3.59. The minimum Gasteiger partial charge on any atom is -0.481 e. The van der Waals surface area contributed by atoms with Gasteiger partial charge in [-0.1, -0.05) is 55.5 Å². The fourth-order valence-electron chi connectivity index (χ4n) is 3.27. The normalized spacial score (nSPS) is 14.4. The molecule has 0 spiro atoms. The molecule has 2 N–H and O–H groups in total. The first-order valence-corrected chi connectivity index (χ1v) is 9.03. The van der Waals surface area contributed by atoms with E-state index in [2.05, 4.69) is 5.32 Å². The summed E-state index contributed by atoms with van der Waals surface area (Å²) in [5.74, 6) is -1.17. The Bertz CT molecular complexity index is 914. The lowest BCUT2D eigenvalue weighted by Crippen LogP contribution is -2.47. The number of hydrogen-bond donors (Lipinski definition) is 2. The molecule has 0 saturated carbocycles. The summed E-state index contributed by atoms with van der Waals surface area (Å²) >= 11 is 0. The number of para-hydroxylation sites is 1. The zero-order valence-electron chi connectivity index (χ0n) is 15.4. The summed E-state index contributed by atoms with van der Waals surface area (Å²) in [4.78, 5) is 24.7. The lowest BCUT2D eigenvalue weighted by molar-refractivity contribution is -0.144. The van der Waals surface area contributed by atoms with Gasteiger partial charge in [0.15, 0.2) is 0 Å². The van der Waals surface area contributed by atoms with Gasteiger partial charge in [0.1, 0.15) is 16.8 Å². The van der Waals surface area contributed by atoms with Gasteiger partial charge in [0.05, 0.1) is 5.92 Å². The van der Waals surface area contributed by atoms with Gasteiger partial charge in [0.25, 0.3) is 0 Å². The molecule has 0 bridgehead atoms. The van der Waals surface area contributed by atoms with Crippen LogP contribution in [-0.2, 0) is 15.0 Å². The van der Waals surface area contributed by atoms with Crippen LogP contribution in [0.4, 0.5) is 0 Å². The largest absolute Gasteiger partial charge is 0.481 e. The van der Waals surface area contributed by atoms with Crippen LogP contribution in [0.25, 0.3) is 11.0 Å². The first-order valence-electron chi connectivity index (χ1n) is 9.03. The van der Waals surface area contributed by atoms with Crippen molar-refractivity contribution in [1.29, 1.82) is 0 Å². The monoisotopic (exact) mass is 365 g/mol. The van der Waals surface area contributed by atoms with Crippen LogP contribution < -0.4 is 5.32 Å². The molecule has 1 heterocycles. The van der Waals surface area contributed by atoms with Crippen LogP contribution in [-0.4, -0.2) is 23.5 Å². The van der Waals surface area contributed by atoms with Gasteiger partial charge in [-0.15, -0.1) is 0 Å². The Kier molecular flexibility index (Phi) is 5.31. The fraction of sp³-hybridized carbons (Fsp3) is 0.273. The second-order valence-corrected chi connectivity index (χ2v) is 6.73. The van der Waals surface area contributed by atoms with Crippen molar-refractivity contribution in [1.82, 2.24) is 5.32 Å². The number of fused-ring (bicyclic) bond motifs is 1. The first kappa shape index (κ1) is 18.7. The Morgan fingerprint density at radius 3 is 2.41 bits per heavy atom. The van der Waals surface area contributed by atoms with Gasteiger partial charge in [0.2, 0.25) is 5.91 Å². The lowest BCUT2D eigenvalue weighted by Gasteiger charge is -2.29. The molecular weight excluding hydrogens is 342 g/mol. The molecule has 1 aromatic heterocycles. The Labute approximate surface area is 158 Å². The molecule has 0 saturated heterocycles. The van der Waals surface area contributed by atoms with Crippen molar-refractivity contribution in [2.24, 2.45) is 0 Å². The summed E-state index contributed by atoms with van der Waals surface area (Å²) in [5.41, 5.74) is 0.242. The highest BCUT2D eigenvalue weighted by molar-refractivity contribution is 5.87. The van der Waals surface area contributed by atoms with Gasteiger partial charge < -0.3 is 14.8 Å². The van der Waals surface area contributed by atoms with E-state index in [0.717, 1.165) is 11.0 Å². The van der Waals surface area contributed by atoms with Gasteiger partial charge in [-0.2, -0.15) is 0 Å². The summed E-state index contributed by atoms with van der Waals surface area (Å²) in [7, 11) is 0. The van der Waals surface area contributed by atoms with Crippen molar-refractivity contribution in [3.05, 3.63) is 72.0 Å². The van der Waals surface area contributed by atoms with Crippen LogP contribution in [0.5, 0.6) is 0 Å². The Balaban J connectivity index is 1.78. The maximum Gasteiger partial charge on any atom is 0.315 e. The van der Waals surface area contributed by atoms with E-state index < -0.39 is 17.3 Å². The molecule has 5 nitrogen and oxygen atoms in total. The van der Waals surface area contributed by atoms with E-state index in [1.807, 2.05) is 55.5 Å². The molecular formula is C22H23NO4. The van der Waals surface area contributed by atoms with Crippen LogP contribution in [0.3, 0.4) is 0 Å². The van der Waals surface area contributed by atoms with Crippen LogP contribution in [0.15, 0.2) is 65.1 Å². The van der Waals surface area contributed by atoms with Crippen LogP contribution >= 0.6 is 0 Å². The van der Waals surface area contributed by atoms with E-state index >= 15 is 0 Å². The highest BCUT2D eigenvalue weighted by atomic mass is 16.4.